The molecule has 2 aromatic heterocycles. The van der Waals surface area contributed by atoms with E-state index in [-0.39, 0.29) is 31.0 Å². The molecule has 0 fully saturated rings. The van der Waals surface area contributed by atoms with Crippen molar-refractivity contribution in [1.29, 1.82) is 0 Å². The van der Waals surface area contributed by atoms with E-state index in [4.69, 9.17) is 4.74 Å². The van der Waals surface area contributed by atoms with Gasteiger partial charge in [0.2, 0.25) is 0 Å². The Bertz CT molecular complexity index is 1220. The molecule has 1 aliphatic carbocycles. The summed E-state index contributed by atoms with van der Waals surface area (Å²) in [7, 11) is 1.37. The second-order valence-corrected chi connectivity index (χ2v) is 10.8. The normalized spacial score (nSPS) is 16.8. The molecule has 7 heteroatoms. The van der Waals surface area contributed by atoms with Gasteiger partial charge in [0, 0.05) is 23.2 Å². The number of carbonyl (C=O) groups excluding carboxylic acids is 2. The van der Waals surface area contributed by atoms with Gasteiger partial charge in [-0.25, -0.2) is 4.79 Å². The summed E-state index contributed by atoms with van der Waals surface area (Å²) in [5.74, 6) is 0.114. The van der Waals surface area contributed by atoms with E-state index in [1.807, 2.05) is 16.2 Å². The lowest BCUT2D eigenvalue weighted by Crippen LogP contribution is -2.42. The van der Waals surface area contributed by atoms with E-state index in [0.717, 1.165) is 24.1 Å². The first-order chi connectivity index (χ1) is 17.0. The number of esters is 1. The van der Waals surface area contributed by atoms with Gasteiger partial charge >= 0.3 is 12.0 Å². The van der Waals surface area contributed by atoms with Crippen molar-refractivity contribution >= 4 is 23.3 Å². The smallest absolute Gasteiger partial charge is 0.318 e. The fraction of sp³-hybridized carbons (Fsp3) is 0.429. The van der Waals surface area contributed by atoms with Crippen LogP contribution >= 0.6 is 11.3 Å². The standard InChI is InChI=1S/C28H33N3O3S/c1-18(2)19-10-12-20(13-11-19)26-23-8-6-16-30(23)27-22(21-7-4-5-9-24(21)35-27)17-31(26)28(33)29-15-14-25(32)34-3/h6,8,10-13,16,18,26H,4-5,7,9,14-15,17H2,1-3H3,(H,29,33)/t26-/m1/s1. The number of rotatable bonds is 5. The average molecular weight is 492 g/mol. The molecule has 35 heavy (non-hydrogen) atoms. The molecule has 3 aromatic rings. The van der Waals surface area contributed by atoms with Crippen LogP contribution in [0.5, 0.6) is 0 Å². The Balaban J connectivity index is 1.57. The van der Waals surface area contributed by atoms with Gasteiger partial charge in [-0.3, -0.25) is 4.79 Å². The zero-order valence-electron chi connectivity index (χ0n) is 20.7. The Morgan fingerprint density at radius 2 is 1.89 bits per heavy atom. The first-order valence-corrected chi connectivity index (χ1v) is 13.3. The highest BCUT2D eigenvalue weighted by Crippen LogP contribution is 2.44. The Hall–Kier alpha value is -3.06. The number of ether oxygens (including phenoxy) is 1. The number of hydrogen-bond acceptors (Lipinski definition) is 4. The molecule has 1 atom stereocenters. The van der Waals surface area contributed by atoms with Gasteiger partial charge in [0.05, 0.1) is 31.8 Å². The molecule has 3 heterocycles. The van der Waals surface area contributed by atoms with Crippen molar-refractivity contribution in [2.75, 3.05) is 13.7 Å². The lowest BCUT2D eigenvalue weighted by Gasteiger charge is -2.31. The fourth-order valence-electron chi connectivity index (χ4n) is 5.28. The number of benzene rings is 1. The predicted octanol–water partition coefficient (Wildman–Crippen LogP) is 5.72. The fourth-order valence-corrected chi connectivity index (χ4v) is 6.68. The Labute approximate surface area is 210 Å². The van der Waals surface area contributed by atoms with Gasteiger partial charge in [-0.15, -0.1) is 11.3 Å². The van der Waals surface area contributed by atoms with Crippen LogP contribution in [0.3, 0.4) is 0 Å². The Morgan fingerprint density at radius 3 is 2.63 bits per heavy atom. The van der Waals surface area contributed by atoms with E-state index < -0.39 is 0 Å². The van der Waals surface area contributed by atoms with Crippen molar-refractivity contribution in [1.82, 2.24) is 14.8 Å². The highest BCUT2D eigenvalue weighted by Gasteiger charge is 2.36. The molecule has 0 radical (unpaired) electrons. The van der Waals surface area contributed by atoms with Crippen LogP contribution in [0.2, 0.25) is 0 Å². The minimum absolute atomic E-state index is 0.152. The number of nitrogens with zero attached hydrogens (tertiary/aromatic N) is 2. The van der Waals surface area contributed by atoms with Crippen LogP contribution in [0, 0.1) is 0 Å². The van der Waals surface area contributed by atoms with Gasteiger partial charge in [-0.05, 0) is 60.4 Å². The third kappa shape index (κ3) is 4.49. The monoisotopic (exact) mass is 491 g/mol. The van der Waals surface area contributed by atoms with Crippen LogP contribution in [0.25, 0.3) is 5.00 Å². The Morgan fingerprint density at radius 1 is 1.11 bits per heavy atom. The van der Waals surface area contributed by atoms with E-state index >= 15 is 0 Å². The quantitative estimate of drug-likeness (QED) is 0.465. The molecule has 2 amide bonds. The van der Waals surface area contributed by atoms with Crippen LogP contribution in [-0.4, -0.2) is 35.1 Å². The molecule has 6 nitrogen and oxygen atoms in total. The van der Waals surface area contributed by atoms with Crippen LogP contribution < -0.4 is 5.32 Å². The van der Waals surface area contributed by atoms with Crippen LogP contribution in [0.4, 0.5) is 4.79 Å². The van der Waals surface area contributed by atoms with Crippen molar-refractivity contribution in [3.63, 3.8) is 0 Å². The molecular formula is C28H33N3O3S. The predicted molar refractivity (Wildman–Crippen MR) is 138 cm³/mol. The maximum absolute atomic E-state index is 13.7. The number of hydrogen-bond donors (Lipinski definition) is 1. The van der Waals surface area contributed by atoms with E-state index in [1.54, 1.807) is 0 Å². The zero-order valence-corrected chi connectivity index (χ0v) is 21.5. The van der Waals surface area contributed by atoms with Crippen molar-refractivity contribution in [2.45, 2.75) is 64.5 Å². The molecule has 0 unspecified atom stereocenters. The van der Waals surface area contributed by atoms with Crippen molar-refractivity contribution in [2.24, 2.45) is 0 Å². The highest BCUT2D eigenvalue weighted by atomic mass is 32.1. The number of fused-ring (bicyclic) bond motifs is 5. The topological polar surface area (TPSA) is 63.6 Å². The minimum atomic E-state index is -0.329. The Kier molecular flexibility index (Phi) is 6.69. The second kappa shape index (κ2) is 9.90. The van der Waals surface area contributed by atoms with E-state index in [0.29, 0.717) is 12.5 Å². The molecule has 0 bridgehead atoms. The number of carbonyl (C=O) groups is 2. The van der Waals surface area contributed by atoms with Gasteiger partial charge in [0.1, 0.15) is 5.00 Å². The lowest BCUT2D eigenvalue weighted by atomic mass is 9.94. The molecule has 1 aromatic carbocycles. The highest BCUT2D eigenvalue weighted by molar-refractivity contribution is 7.15. The summed E-state index contributed by atoms with van der Waals surface area (Å²) in [6.45, 7) is 5.17. The molecule has 2 aliphatic rings. The number of urea groups is 1. The van der Waals surface area contributed by atoms with Crippen LogP contribution in [0.1, 0.15) is 77.9 Å². The first kappa shape index (κ1) is 23.7. The molecule has 5 rings (SSSR count). The van der Waals surface area contributed by atoms with E-state index in [2.05, 4.69) is 66.3 Å². The number of aryl methyl sites for hydroxylation is 1. The zero-order chi connectivity index (χ0) is 24.5. The van der Waals surface area contributed by atoms with Crippen molar-refractivity contribution in [3.8, 4) is 5.00 Å². The third-order valence-corrected chi connectivity index (χ3v) is 8.53. The number of aromatic nitrogens is 1. The van der Waals surface area contributed by atoms with Gasteiger partial charge < -0.3 is 19.5 Å². The SMILES string of the molecule is COC(=O)CCNC(=O)N1Cc2c(sc3c2CCCC3)-n2cccc2[C@H]1c1ccc(C(C)C)cc1. The van der Waals surface area contributed by atoms with E-state index in [9.17, 15) is 9.59 Å². The number of methoxy groups -OCH3 is 1. The molecule has 0 spiro atoms. The summed E-state index contributed by atoms with van der Waals surface area (Å²) in [5.41, 5.74) is 6.15. The molecular weight excluding hydrogens is 458 g/mol. The number of amides is 2. The molecule has 1 aliphatic heterocycles. The summed E-state index contributed by atoms with van der Waals surface area (Å²) < 4.78 is 7.04. The summed E-state index contributed by atoms with van der Waals surface area (Å²) in [4.78, 5) is 28.7. The number of thiophene rings is 1. The van der Waals surface area contributed by atoms with Gasteiger partial charge in [0.25, 0.3) is 0 Å². The van der Waals surface area contributed by atoms with Crippen molar-refractivity contribution < 1.29 is 14.3 Å². The van der Waals surface area contributed by atoms with Crippen LogP contribution in [-0.2, 0) is 28.9 Å². The lowest BCUT2D eigenvalue weighted by molar-refractivity contribution is -0.140. The maximum atomic E-state index is 13.7. The molecule has 0 saturated heterocycles. The van der Waals surface area contributed by atoms with Gasteiger partial charge in [-0.2, -0.15) is 0 Å². The largest absolute Gasteiger partial charge is 0.469 e. The molecule has 1 N–H and O–H groups in total. The summed E-state index contributed by atoms with van der Waals surface area (Å²) in [5, 5.41) is 4.22. The molecule has 0 saturated carbocycles. The van der Waals surface area contributed by atoms with Gasteiger partial charge in [-0.1, -0.05) is 38.1 Å². The average Bonchev–Trinajstić information content (AvgIpc) is 3.45. The summed E-state index contributed by atoms with van der Waals surface area (Å²) >= 11 is 1.88. The minimum Gasteiger partial charge on any atom is -0.469 e. The third-order valence-electron chi connectivity index (χ3n) is 7.19. The van der Waals surface area contributed by atoms with Crippen molar-refractivity contribution in [3.05, 3.63) is 75.4 Å². The summed E-state index contributed by atoms with van der Waals surface area (Å²) in [6.07, 6.45) is 6.90. The van der Waals surface area contributed by atoms with Crippen LogP contribution in [0.15, 0.2) is 42.6 Å². The molecule has 184 valence electrons. The summed E-state index contributed by atoms with van der Waals surface area (Å²) in [6, 6.07) is 12.5. The first-order valence-electron chi connectivity index (χ1n) is 12.5. The van der Waals surface area contributed by atoms with E-state index in [1.165, 1.54) is 46.5 Å². The van der Waals surface area contributed by atoms with Gasteiger partial charge in [0.15, 0.2) is 0 Å². The second-order valence-electron chi connectivity index (χ2n) is 9.71. The number of nitrogens with one attached hydrogen (secondary N) is 1. The maximum Gasteiger partial charge on any atom is 0.318 e.